The van der Waals surface area contributed by atoms with Crippen LogP contribution in [0.25, 0.3) is 0 Å². The number of nitrogens with zero attached hydrogens (tertiary/aromatic N) is 1. The molecule has 2 fully saturated rings. The summed E-state index contributed by atoms with van der Waals surface area (Å²) in [5.74, 6) is 2.04. The quantitative estimate of drug-likeness (QED) is 0.787. The molecule has 3 nitrogen and oxygen atoms in total. The molecule has 1 aliphatic carbocycles. The predicted molar refractivity (Wildman–Crippen MR) is 74.4 cm³/mol. The topological polar surface area (TPSA) is 32.3 Å². The SMILES string of the molecule is CCCNC1CC(CC2CC2)CN(C(=O)CC)C1. The molecular formula is C15H28N2O. The van der Waals surface area contributed by atoms with Crippen LogP contribution in [-0.2, 0) is 4.79 Å². The van der Waals surface area contributed by atoms with E-state index >= 15 is 0 Å². The minimum atomic E-state index is 0.332. The van der Waals surface area contributed by atoms with Gasteiger partial charge in [-0.3, -0.25) is 4.79 Å². The molecule has 2 unspecified atom stereocenters. The summed E-state index contributed by atoms with van der Waals surface area (Å²) in [5.41, 5.74) is 0. The number of hydrogen-bond donors (Lipinski definition) is 1. The first kappa shape index (κ1) is 13.9. The highest BCUT2D eigenvalue weighted by molar-refractivity contribution is 5.76. The zero-order valence-electron chi connectivity index (χ0n) is 12.0. The molecule has 1 heterocycles. The van der Waals surface area contributed by atoms with Crippen LogP contribution in [0.1, 0.15) is 52.4 Å². The highest BCUT2D eigenvalue weighted by atomic mass is 16.2. The van der Waals surface area contributed by atoms with E-state index in [4.69, 9.17) is 0 Å². The van der Waals surface area contributed by atoms with Gasteiger partial charge in [-0.2, -0.15) is 0 Å². The van der Waals surface area contributed by atoms with E-state index in [-0.39, 0.29) is 0 Å². The Kier molecular flexibility index (Phi) is 5.04. The van der Waals surface area contributed by atoms with Crippen molar-refractivity contribution in [1.29, 1.82) is 0 Å². The van der Waals surface area contributed by atoms with Gasteiger partial charge in [0.1, 0.15) is 0 Å². The number of nitrogens with one attached hydrogen (secondary N) is 1. The average molecular weight is 252 g/mol. The lowest BCUT2D eigenvalue weighted by molar-refractivity contribution is -0.133. The van der Waals surface area contributed by atoms with Gasteiger partial charge in [0.05, 0.1) is 0 Å². The third-order valence-corrected chi connectivity index (χ3v) is 4.24. The fourth-order valence-electron chi connectivity index (χ4n) is 3.12. The molecule has 2 atom stereocenters. The Balaban J connectivity index is 1.88. The van der Waals surface area contributed by atoms with Crippen LogP contribution >= 0.6 is 0 Å². The molecular weight excluding hydrogens is 224 g/mol. The summed E-state index contributed by atoms with van der Waals surface area (Å²) in [5, 5.41) is 3.61. The fraction of sp³-hybridized carbons (Fsp3) is 0.933. The minimum Gasteiger partial charge on any atom is -0.341 e. The molecule has 0 bridgehead atoms. The second kappa shape index (κ2) is 6.55. The first-order valence-corrected chi connectivity index (χ1v) is 7.74. The van der Waals surface area contributed by atoms with Crippen LogP contribution in [0.5, 0.6) is 0 Å². The first-order chi connectivity index (χ1) is 8.72. The Morgan fingerprint density at radius 2 is 2.00 bits per heavy atom. The molecule has 1 amide bonds. The number of carbonyl (C=O) groups is 1. The van der Waals surface area contributed by atoms with Crippen molar-refractivity contribution in [2.24, 2.45) is 11.8 Å². The van der Waals surface area contributed by atoms with Gasteiger partial charge < -0.3 is 10.2 Å². The van der Waals surface area contributed by atoms with Crippen molar-refractivity contribution in [3.05, 3.63) is 0 Å². The van der Waals surface area contributed by atoms with Gasteiger partial charge in [-0.15, -0.1) is 0 Å². The number of likely N-dealkylation sites (tertiary alicyclic amines) is 1. The predicted octanol–water partition coefficient (Wildman–Crippen LogP) is 2.41. The Labute approximate surface area is 111 Å². The number of rotatable bonds is 6. The number of piperidine rings is 1. The first-order valence-electron chi connectivity index (χ1n) is 7.74. The molecule has 1 aliphatic heterocycles. The molecule has 0 aromatic heterocycles. The van der Waals surface area contributed by atoms with E-state index in [1.165, 1.54) is 32.1 Å². The van der Waals surface area contributed by atoms with Gasteiger partial charge in [-0.25, -0.2) is 0 Å². The third-order valence-electron chi connectivity index (χ3n) is 4.24. The molecule has 0 aromatic rings. The van der Waals surface area contributed by atoms with Crippen molar-refractivity contribution in [2.75, 3.05) is 19.6 Å². The molecule has 0 radical (unpaired) electrons. The molecule has 2 rings (SSSR count). The second-order valence-electron chi connectivity index (χ2n) is 6.08. The zero-order chi connectivity index (χ0) is 13.0. The highest BCUT2D eigenvalue weighted by Crippen LogP contribution is 2.37. The number of amides is 1. The van der Waals surface area contributed by atoms with Gasteiger partial charge in [0.25, 0.3) is 0 Å². The van der Waals surface area contributed by atoms with Gasteiger partial charge in [0, 0.05) is 25.6 Å². The maximum absolute atomic E-state index is 11.9. The van der Waals surface area contributed by atoms with Crippen molar-refractivity contribution >= 4 is 5.91 Å². The molecule has 0 spiro atoms. The van der Waals surface area contributed by atoms with Crippen LogP contribution in [0.15, 0.2) is 0 Å². The molecule has 1 saturated heterocycles. The summed E-state index contributed by atoms with van der Waals surface area (Å²) in [4.78, 5) is 14.0. The standard InChI is InChI=1S/C15H28N2O/c1-3-7-16-14-9-13(8-12-5-6-12)10-17(11-14)15(18)4-2/h12-14,16H,3-11H2,1-2H3. The minimum absolute atomic E-state index is 0.332. The lowest BCUT2D eigenvalue weighted by Gasteiger charge is -2.38. The van der Waals surface area contributed by atoms with Crippen LogP contribution in [0.3, 0.4) is 0 Å². The Morgan fingerprint density at radius 1 is 1.22 bits per heavy atom. The van der Waals surface area contributed by atoms with Crippen molar-refractivity contribution in [3.63, 3.8) is 0 Å². The van der Waals surface area contributed by atoms with Gasteiger partial charge in [0.2, 0.25) is 5.91 Å². The lowest BCUT2D eigenvalue weighted by atomic mass is 9.89. The van der Waals surface area contributed by atoms with E-state index in [2.05, 4.69) is 17.1 Å². The largest absolute Gasteiger partial charge is 0.341 e. The normalized spacial score (nSPS) is 28.4. The Hall–Kier alpha value is -0.570. The average Bonchev–Trinajstić information content (AvgIpc) is 3.19. The second-order valence-corrected chi connectivity index (χ2v) is 6.08. The van der Waals surface area contributed by atoms with E-state index in [0.29, 0.717) is 18.4 Å². The van der Waals surface area contributed by atoms with E-state index in [1.807, 2.05) is 6.92 Å². The highest BCUT2D eigenvalue weighted by Gasteiger charge is 2.33. The van der Waals surface area contributed by atoms with Crippen LogP contribution in [0, 0.1) is 11.8 Å². The van der Waals surface area contributed by atoms with E-state index in [1.54, 1.807) is 0 Å². The van der Waals surface area contributed by atoms with Crippen LogP contribution in [0.2, 0.25) is 0 Å². The lowest BCUT2D eigenvalue weighted by Crippen LogP contribution is -2.51. The van der Waals surface area contributed by atoms with Crippen molar-refractivity contribution in [3.8, 4) is 0 Å². The van der Waals surface area contributed by atoms with Crippen LogP contribution in [-0.4, -0.2) is 36.5 Å². The van der Waals surface area contributed by atoms with E-state index in [0.717, 1.165) is 31.5 Å². The van der Waals surface area contributed by atoms with Gasteiger partial charge in [-0.1, -0.05) is 26.7 Å². The maximum Gasteiger partial charge on any atom is 0.222 e. The molecule has 3 heteroatoms. The smallest absolute Gasteiger partial charge is 0.222 e. The summed E-state index contributed by atoms with van der Waals surface area (Å²) >= 11 is 0. The third kappa shape index (κ3) is 3.98. The molecule has 18 heavy (non-hydrogen) atoms. The van der Waals surface area contributed by atoms with Gasteiger partial charge in [-0.05, 0) is 37.6 Å². The molecule has 2 aliphatic rings. The van der Waals surface area contributed by atoms with Gasteiger partial charge >= 0.3 is 0 Å². The van der Waals surface area contributed by atoms with Crippen molar-refractivity contribution < 1.29 is 4.79 Å². The summed E-state index contributed by atoms with van der Waals surface area (Å²) in [6, 6.07) is 0.526. The molecule has 0 aromatic carbocycles. The zero-order valence-corrected chi connectivity index (χ0v) is 12.0. The van der Waals surface area contributed by atoms with Crippen LogP contribution in [0.4, 0.5) is 0 Å². The maximum atomic E-state index is 11.9. The summed E-state index contributed by atoms with van der Waals surface area (Å²) in [6.45, 7) is 7.18. The monoisotopic (exact) mass is 252 g/mol. The fourth-order valence-corrected chi connectivity index (χ4v) is 3.12. The molecule has 1 saturated carbocycles. The Bertz CT molecular complexity index is 276. The summed E-state index contributed by atoms with van der Waals surface area (Å²) in [7, 11) is 0. The molecule has 1 N–H and O–H groups in total. The summed E-state index contributed by atoms with van der Waals surface area (Å²) in [6.07, 6.45) is 7.28. The van der Waals surface area contributed by atoms with E-state index < -0.39 is 0 Å². The summed E-state index contributed by atoms with van der Waals surface area (Å²) < 4.78 is 0. The van der Waals surface area contributed by atoms with Crippen molar-refractivity contribution in [1.82, 2.24) is 10.2 Å². The number of hydrogen-bond acceptors (Lipinski definition) is 2. The molecule has 104 valence electrons. The van der Waals surface area contributed by atoms with Crippen molar-refractivity contribution in [2.45, 2.75) is 58.4 Å². The Morgan fingerprint density at radius 3 is 2.61 bits per heavy atom. The number of carbonyl (C=O) groups excluding carboxylic acids is 1. The van der Waals surface area contributed by atoms with Crippen LogP contribution < -0.4 is 5.32 Å². The van der Waals surface area contributed by atoms with E-state index in [9.17, 15) is 4.79 Å². The van der Waals surface area contributed by atoms with Gasteiger partial charge in [0.15, 0.2) is 0 Å².